The highest BCUT2D eigenvalue weighted by molar-refractivity contribution is 5.80. The van der Waals surface area contributed by atoms with E-state index in [0.717, 1.165) is 5.57 Å². The van der Waals surface area contributed by atoms with Crippen molar-refractivity contribution < 1.29 is 9.90 Å². The van der Waals surface area contributed by atoms with Crippen molar-refractivity contribution >= 4 is 5.97 Å². The van der Waals surface area contributed by atoms with Crippen molar-refractivity contribution in [1.29, 1.82) is 0 Å². The summed E-state index contributed by atoms with van der Waals surface area (Å²) >= 11 is 0. The predicted molar refractivity (Wildman–Crippen MR) is 74.8 cm³/mol. The van der Waals surface area contributed by atoms with Gasteiger partial charge in [-0.05, 0) is 29.4 Å². The van der Waals surface area contributed by atoms with E-state index in [4.69, 9.17) is 5.11 Å². The standard InChI is InChI=1S/C16H22O2/c1-11(2)14-7-5-13(6-8-14)9-15(12(3)4)10-16(17)18/h5-8,10-12H,9H2,1-4H3,(H,17,18)/b15-10-. The number of aliphatic carboxylic acids is 1. The highest BCUT2D eigenvalue weighted by Crippen LogP contribution is 2.19. The first-order valence-electron chi connectivity index (χ1n) is 6.42. The van der Waals surface area contributed by atoms with Gasteiger partial charge in [0.15, 0.2) is 0 Å². The van der Waals surface area contributed by atoms with Crippen molar-refractivity contribution in [1.82, 2.24) is 0 Å². The zero-order chi connectivity index (χ0) is 13.7. The molecule has 2 heteroatoms. The lowest BCUT2D eigenvalue weighted by molar-refractivity contribution is -0.131. The van der Waals surface area contributed by atoms with E-state index >= 15 is 0 Å². The number of allylic oxidation sites excluding steroid dienone is 1. The van der Waals surface area contributed by atoms with Crippen LogP contribution in [-0.4, -0.2) is 11.1 Å². The Morgan fingerprint density at radius 1 is 1.17 bits per heavy atom. The van der Waals surface area contributed by atoms with E-state index in [1.165, 1.54) is 17.2 Å². The Bertz CT molecular complexity index is 425. The van der Waals surface area contributed by atoms with Gasteiger partial charge in [0, 0.05) is 6.08 Å². The molecule has 0 aliphatic heterocycles. The molecule has 1 rings (SSSR count). The normalized spacial score (nSPS) is 12.2. The van der Waals surface area contributed by atoms with Crippen LogP contribution in [0.4, 0.5) is 0 Å². The van der Waals surface area contributed by atoms with Crippen LogP contribution in [0.15, 0.2) is 35.9 Å². The van der Waals surface area contributed by atoms with Crippen molar-refractivity contribution in [2.75, 3.05) is 0 Å². The fourth-order valence-electron chi connectivity index (χ4n) is 1.84. The van der Waals surface area contributed by atoms with Crippen LogP contribution in [0.1, 0.15) is 44.7 Å². The van der Waals surface area contributed by atoms with Gasteiger partial charge in [0.1, 0.15) is 0 Å². The molecule has 0 unspecified atom stereocenters. The highest BCUT2D eigenvalue weighted by atomic mass is 16.4. The van der Waals surface area contributed by atoms with Crippen molar-refractivity contribution in [3.05, 3.63) is 47.0 Å². The number of carbonyl (C=O) groups is 1. The molecule has 0 heterocycles. The van der Waals surface area contributed by atoms with Gasteiger partial charge in [-0.3, -0.25) is 0 Å². The second-order valence-electron chi connectivity index (χ2n) is 5.29. The van der Waals surface area contributed by atoms with Crippen LogP contribution in [0.5, 0.6) is 0 Å². The van der Waals surface area contributed by atoms with Gasteiger partial charge in [0.2, 0.25) is 0 Å². The third-order valence-corrected chi connectivity index (χ3v) is 3.11. The second-order valence-corrected chi connectivity index (χ2v) is 5.29. The molecule has 0 atom stereocenters. The third kappa shape index (κ3) is 4.36. The van der Waals surface area contributed by atoms with Gasteiger partial charge < -0.3 is 5.11 Å². The van der Waals surface area contributed by atoms with E-state index in [1.807, 2.05) is 13.8 Å². The number of hydrogen-bond donors (Lipinski definition) is 1. The van der Waals surface area contributed by atoms with E-state index in [0.29, 0.717) is 12.3 Å². The maximum absolute atomic E-state index is 10.8. The molecule has 1 N–H and O–H groups in total. The predicted octanol–water partition coefficient (Wildman–Crippen LogP) is 4.02. The summed E-state index contributed by atoms with van der Waals surface area (Å²) < 4.78 is 0. The van der Waals surface area contributed by atoms with E-state index in [2.05, 4.69) is 38.1 Å². The van der Waals surface area contributed by atoms with Crippen LogP contribution in [0.3, 0.4) is 0 Å². The van der Waals surface area contributed by atoms with Crippen LogP contribution < -0.4 is 0 Å². The summed E-state index contributed by atoms with van der Waals surface area (Å²) in [7, 11) is 0. The Morgan fingerprint density at radius 2 is 1.72 bits per heavy atom. The smallest absolute Gasteiger partial charge is 0.328 e. The van der Waals surface area contributed by atoms with Crippen LogP contribution in [0, 0.1) is 5.92 Å². The summed E-state index contributed by atoms with van der Waals surface area (Å²) in [4.78, 5) is 10.8. The fraction of sp³-hybridized carbons (Fsp3) is 0.438. The molecule has 0 saturated carbocycles. The number of carboxylic acid groups (broad SMARTS) is 1. The average molecular weight is 246 g/mol. The van der Waals surface area contributed by atoms with Gasteiger partial charge in [-0.25, -0.2) is 4.79 Å². The molecular weight excluding hydrogens is 224 g/mol. The molecule has 1 aromatic rings. The summed E-state index contributed by atoms with van der Waals surface area (Å²) in [5.74, 6) is -0.0819. The largest absolute Gasteiger partial charge is 0.478 e. The van der Waals surface area contributed by atoms with Crippen molar-refractivity contribution in [2.24, 2.45) is 5.92 Å². The molecule has 0 aromatic heterocycles. The second kappa shape index (κ2) is 6.39. The lowest BCUT2D eigenvalue weighted by Gasteiger charge is -2.12. The summed E-state index contributed by atoms with van der Waals surface area (Å²) in [5.41, 5.74) is 3.44. The Balaban J connectivity index is 2.85. The van der Waals surface area contributed by atoms with Crippen LogP contribution in [-0.2, 0) is 11.2 Å². The molecule has 1 aromatic carbocycles. The van der Waals surface area contributed by atoms with E-state index in [-0.39, 0.29) is 5.92 Å². The van der Waals surface area contributed by atoms with Gasteiger partial charge >= 0.3 is 5.97 Å². The summed E-state index contributed by atoms with van der Waals surface area (Å²) in [6.45, 7) is 8.38. The topological polar surface area (TPSA) is 37.3 Å². The Labute approximate surface area is 109 Å². The molecule has 0 aliphatic carbocycles. The van der Waals surface area contributed by atoms with Crippen molar-refractivity contribution in [3.8, 4) is 0 Å². The Kier molecular flexibility index (Phi) is 5.14. The number of rotatable bonds is 5. The van der Waals surface area contributed by atoms with Gasteiger partial charge in [-0.1, -0.05) is 57.5 Å². The molecule has 2 nitrogen and oxygen atoms in total. The van der Waals surface area contributed by atoms with E-state index in [1.54, 1.807) is 0 Å². The molecule has 0 fully saturated rings. The first-order valence-corrected chi connectivity index (χ1v) is 6.42. The number of hydrogen-bond acceptors (Lipinski definition) is 1. The first kappa shape index (κ1) is 14.5. The summed E-state index contributed by atoms with van der Waals surface area (Å²) in [5, 5.41) is 8.85. The lowest BCUT2D eigenvalue weighted by Crippen LogP contribution is -2.03. The maximum atomic E-state index is 10.8. The fourth-order valence-corrected chi connectivity index (χ4v) is 1.84. The molecule has 0 radical (unpaired) electrons. The molecule has 98 valence electrons. The molecule has 0 aliphatic rings. The van der Waals surface area contributed by atoms with Crippen molar-refractivity contribution in [3.63, 3.8) is 0 Å². The van der Waals surface area contributed by atoms with Crippen LogP contribution in [0.25, 0.3) is 0 Å². The average Bonchev–Trinajstić information content (AvgIpc) is 2.28. The van der Waals surface area contributed by atoms with Gasteiger partial charge in [-0.2, -0.15) is 0 Å². The maximum Gasteiger partial charge on any atom is 0.328 e. The summed E-state index contributed by atoms with van der Waals surface area (Å²) in [6.07, 6.45) is 2.05. The van der Waals surface area contributed by atoms with E-state index < -0.39 is 5.97 Å². The van der Waals surface area contributed by atoms with Crippen LogP contribution >= 0.6 is 0 Å². The molecule has 0 spiro atoms. The first-order chi connectivity index (χ1) is 8.40. The van der Waals surface area contributed by atoms with Gasteiger partial charge in [0.25, 0.3) is 0 Å². The molecule has 0 bridgehead atoms. The molecule has 18 heavy (non-hydrogen) atoms. The number of benzene rings is 1. The number of carboxylic acids is 1. The van der Waals surface area contributed by atoms with E-state index in [9.17, 15) is 4.79 Å². The third-order valence-electron chi connectivity index (χ3n) is 3.11. The van der Waals surface area contributed by atoms with Crippen molar-refractivity contribution in [2.45, 2.75) is 40.0 Å². The summed E-state index contributed by atoms with van der Waals surface area (Å²) in [6, 6.07) is 8.43. The zero-order valence-corrected chi connectivity index (χ0v) is 11.6. The quantitative estimate of drug-likeness (QED) is 0.797. The minimum atomic E-state index is -0.863. The molecule has 0 saturated heterocycles. The lowest BCUT2D eigenvalue weighted by atomic mass is 9.94. The molecular formula is C16H22O2. The SMILES string of the molecule is CC(C)/C(=C\C(=O)O)Cc1ccc(C(C)C)cc1. The highest BCUT2D eigenvalue weighted by Gasteiger charge is 2.07. The zero-order valence-electron chi connectivity index (χ0n) is 11.6. The van der Waals surface area contributed by atoms with Gasteiger partial charge in [0.05, 0.1) is 0 Å². The van der Waals surface area contributed by atoms with Gasteiger partial charge in [-0.15, -0.1) is 0 Å². The molecule has 0 amide bonds. The minimum Gasteiger partial charge on any atom is -0.478 e. The van der Waals surface area contributed by atoms with Crippen LogP contribution in [0.2, 0.25) is 0 Å². The Hall–Kier alpha value is -1.57. The monoisotopic (exact) mass is 246 g/mol. The Morgan fingerprint density at radius 3 is 2.11 bits per heavy atom. The minimum absolute atomic E-state index is 0.255.